The second-order valence-corrected chi connectivity index (χ2v) is 5.03. The van der Waals surface area contributed by atoms with E-state index < -0.39 is 17.3 Å². The number of hydrogen-bond acceptors (Lipinski definition) is 4. The first-order chi connectivity index (χ1) is 7.75. The van der Waals surface area contributed by atoms with Crippen molar-refractivity contribution in [1.29, 1.82) is 0 Å². The van der Waals surface area contributed by atoms with Crippen LogP contribution in [0, 0.1) is 11.3 Å². The number of hydrogen-bond donors (Lipinski definition) is 1. The van der Waals surface area contributed by atoms with Gasteiger partial charge in [0.15, 0.2) is 0 Å². The Bertz CT molecular complexity index is 270. The number of ether oxygens (including phenoxy) is 1. The lowest BCUT2D eigenvalue weighted by molar-refractivity contribution is -0.160. The Morgan fingerprint density at radius 3 is 2.24 bits per heavy atom. The number of esters is 1. The molecule has 0 radical (unpaired) electrons. The van der Waals surface area contributed by atoms with Crippen LogP contribution in [-0.2, 0) is 14.3 Å². The maximum absolute atomic E-state index is 12.1. The Hall–Kier alpha value is -1.10. The standard InChI is InChI=1S/C12H23NO4/c1-6-17-11(16)9(12(2,3)4)10(15)13(5)7-8-14/h9,14H,6-8H2,1-5H3. The van der Waals surface area contributed by atoms with Crippen LogP contribution in [0.5, 0.6) is 0 Å². The molecule has 0 aliphatic heterocycles. The average molecular weight is 245 g/mol. The molecule has 1 unspecified atom stereocenters. The fourth-order valence-electron chi connectivity index (χ4n) is 1.53. The van der Waals surface area contributed by atoms with Crippen LogP contribution in [0.4, 0.5) is 0 Å². The van der Waals surface area contributed by atoms with Gasteiger partial charge in [-0.2, -0.15) is 0 Å². The van der Waals surface area contributed by atoms with Crippen molar-refractivity contribution >= 4 is 11.9 Å². The Morgan fingerprint density at radius 1 is 1.35 bits per heavy atom. The van der Waals surface area contributed by atoms with Gasteiger partial charge in [0.1, 0.15) is 5.92 Å². The summed E-state index contributed by atoms with van der Waals surface area (Å²) in [6, 6.07) is 0. The van der Waals surface area contributed by atoms with Gasteiger partial charge in [0.25, 0.3) is 0 Å². The zero-order chi connectivity index (χ0) is 13.6. The van der Waals surface area contributed by atoms with Crippen LogP contribution >= 0.6 is 0 Å². The van der Waals surface area contributed by atoms with Crippen molar-refractivity contribution in [3.63, 3.8) is 0 Å². The minimum Gasteiger partial charge on any atom is -0.465 e. The smallest absolute Gasteiger partial charge is 0.319 e. The van der Waals surface area contributed by atoms with Gasteiger partial charge < -0.3 is 14.7 Å². The van der Waals surface area contributed by atoms with Crippen LogP contribution in [0.15, 0.2) is 0 Å². The third-order valence-electron chi connectivity index (χ3n) is 2.45. The van der Waals surface area contributed by atoms with Crippen LogP contribution in [-0.4, -0.2) is 48.7 Å². The molecule has 1 N–H and O–H groups in total. The van der Waals surface area contributed by atoms with Gasteiger partial charge >= 0.3 is 5.97 Å². The van der Waals surface area contributed by atoms with Crippen molar-refractivity contribution in [3.8, 4) is 0 Å². The van der Waals surface area contributed by atoms with Gasteiger partial charge in [0.05, 0.1) is 13.2 Å². The molecule has 1 amide bonds. The number of likely N-dealkylation sites (N-methyl/N-ethyl adjacent to an activating group) is 1. The van der Waals surface area contributed by atoms with Gasteiger partial charge in [0, 0.05) is 13.6 Å². The molecular formula is C12H23NO4. The van der Waals surface area contributed by atoms with Crippen molar-refractivity contribution in [2.45, 2.75) is 27.7 Å². The van der Waals surface area contributed by atoms with Crippen molar-refractivity contribution in [1.82, 2.24) is 4.90 Å². The predicted molar refractivity (Wildman–Crippen MR) is 64.3 cm³/mol. The lowest BCUT2D eigenvalue weighted by Crippen LogP contribution is -2.45. The lowest BCUT2D eigenvalue weighted by Gasteiger charge is -2.30. The molecule has 0 heterocycles. The molecule has 0 rings (SSSR count). The van der Waals surface area contributed by atoms with Gasteiger partial charge in [0.2, 0.25) is 5.91 Å². The number of carbonyl (C=O) groups excluding carboxylic acids is 2. The molecule has 0 saturated carbocycles. The lowest BCUT2D eigenvalue weighted by atomic mass is 9.80. The van der Waals surface area contributed by atoms with Gasteiger partial charge in [-0.15, -0.1) is 0 Å². The summed E-state index contributed by atoms with van der Waals surface area (Å²) in [5.41, 5.74) is -0.507. The van der Waals surface area contributed by atoms with Crippen LogP contribution in [0.2, 0.25) is 0 Å². The van der Waals surface area contributed by atoms with E-state index in [2.05, 4.69) is 0 Å². The van der Waals surface area contributed by atoms with Gasteiger partial charge in [-0.05, 0) is 12.3 Å². The monoisotopic (exact) mass is 245 g/mol. The summed E-state index contributed by atoms with van der Waals surface area (Å²) in [7, 11) is 1.57. The Balaban J connectivity index is 4.93. The summed E-state index contributed by atoms with van der Waals surface area (Å²) in [5, 5.41) is 8.80. The molecule has 1 atom stereocenters. The fraction of sp³-hybridized carbons (Fsp3) is 0.833. The zero-order valence-electron chi connectivity index (χ0n) is 11.3. The van der Waals surface area contributed by atoms with Gasteiger partial charge in [-0.3, -0.25) is 9.59 Å². The van der Waals surface area contributed by atoms with E-state index >= 15 is 0 Å². The van der Waals surface area contributed by atoms with Crippen molar-refractivity contribution < 1.29 is 19.4 Å². The van der Waals surface area contributed by atoms with Crippen LogP contribution < -0.4 is 0 Å². The number of nitrogens with zero attached hydrogens (tertiary/aromatic N) is 1. The van der Waals surface area contributed by atoms with E-state index in [1.54, 1.807) is 14.0 Å². The Kier molecular flexibility index (Phi) is 6.16. The molecule has 0 aromatic heterocycles. The maximum Gasteiger partial charge on any atom is 0.319 e. The summed E-state index contributed by atoms with van der Waals surface area (Å²) in [6.45, 7) is 7.51. The molecule has 0 aliphatic carbocycles. The minimum absolute atomic E-state index is 0.123. The second-order valence-electron chi connectivity index (χ2n) is 5.03. The minimum atomic E-state index is -0.834. The summed E-state index contributed by atoms with van der Waals surface area (Å²) in [5.74, 6) is -1.65. The number of aliphatic hydroxyl groups is 1. The van der Waals surface area contributed by atoms with Crippen molar-refractivity contribution in [2.24, 2.45) is 11.3 Å². The predicted octanol–water partition coefficient (Wildman–Crippen LogP) is 0.662. The summed E-state index contributed by atoms with van der Waals surface area (Å²) in [6.07, 6.45) is 0. The molecule has 0 spiro atoms. The third-order valence-corrected chi connectivity index (χ3v) is 2.45. The topological polar surface area (TPSA) is 66.8 Å². The highest BCUT2D eigenvalue weighted by Crippen LogP contribution is 2.28. The highest BCUT2D eigenvalue weighted by molar-refractivity contribution is 5.98. The summed E-state index contributed by atoms with van der Waals surface area (Å²) < 4.78 is 4.93. The number of carbonyl (C=O) groups is 2. The molecule has 0 aromatic carbocycles. The molecular weight excluding hydrogens is 222 g/mol. The molecule has 100 valence electrons. The number of aliphatic hydroxyl groups excluding tert-OH is 1. The molecule has 0 aliphatic rings. The quantitative estimate of drug-likeness (QED) is 0.571. The van der Waals surface area contributed by atoms with Gasteiger partial charge in [-0.25, -0.2) is 0 Å². The number of amides is 1. The zero-order valence-corrected chi connectivity index (χ0v) is 11.3. The van der Waals surface area contributed by atoms with Crippen molar-refractivity contribution in [3.05, 3.63) is 0 Å². The molecule has 5 heteroatoms. The second kappa shape index (κ2) is 6.59. The van der Waals surface area contributed by atoms with Crippen molar-refractivity contribution in [2.75, 3.05) is 26.8 Å². The first-order valence-corrected chi connectivity index (χ1v) is 5.78. The highest BCUT2D eigenvalue weighted by atomic mass is 16.5. The molecule has 0 aromatic rings. The summed E-state index contributed by atoms with van der Waals surface area (Å²) in [4.78, 5) is 25.3. The third kappa shape index (κ3) is 4.73. The highest BCUT2D eigenvalue weighted by Gasteiger charge is 2.40. The van der Waals surface area contributed by atoms with E-state index in [0.717, 1.165) is 0 Å². The fourth-order valence-corrected chi connectivity index (χ4v) is 1.53. The molecule has 0 fully saturated rings. The van der Waals surface area contributed by atoms with Gasteiger partial charge in [-0.1, -0.05) is 20.8 Å². The SMILES string of the molecule is CCOC(=O)C(C(=O)N(C)CCO)C(C)(C)C. The number of rotatable bonds is 5. The summed E-state index contributed by atoms with van der Waals surface area (Å²) >= 11 is 0. The molecule has 0 bridgehead atoms. The van der Waals surface area contributed by atoms with E-state index in [0.29, 0.717) is 0 Å². The average Bonchev–Trinajstić information content (AvgIpc) is 2.16. The Morgan fingerprint density at radius 2 is 1.88 bits per heavy atom. The van der Waals surface area contributed by atoms with E-state index in [-0.39, 0.29) is 25.7 Å². The molecule has 0 saturated heterocycles. The van der Waals surface area contributed by atoms with Crippen LogP contribution in [0.1, 0.15) is 27.7 Å². The first-order valence-electron chi connectivity index (χ1n) is 5.78. The van der Waals surface area contributed by atoms with E-state index in [9.17, 15) is 9.59 Å². The Labute approximate surface area is 103 Å². The first kappa shape index (κ1) is 15.9. The van der Waals surface area contributed by atoms with Crippen LogP contribution in [0.3, 0.4) is 0 Å². The maximum atomic E-state index is 12.1. The van der Waals surface area contributed by atoms with E-state index in [1.807, 2.05) is 20.8 Å². The largest absolute Gasteiger partial charge is 0.465 e. The molecule has 17 heavy (non-hydrogen) atoms. The van der Waals surface area contributed by atoms with Crippen LogP contribution in [0.25, 0.3) is 0 Å². The van der Waals surface area contributed by atoms with E-state index in [4.69, 9.17) is 9.84 Å². The van der Waals surface area contributed by atoms with E-state index in [1.165, 1.54) is 4.90 Å². The molecule has 5 nitrogen and oxygen atoms in total. The normalized spacial score (nSPS) is 13.1.